The van der Waals surface area contributed by atoms with E-state index in [4.69, 9.17) is 4.74 Å². The van der Waals surface area contributed by atoms with Gasteiger partial charge in [-0.25, -0.2) is 4.79 Å². The highest BCUT2D eigenvalue weighted by atomic mass is 19.1. The number of halogens is 1. The number of carbonyl (C=O) groups is 4. The Balaban J connectivity index is 1.33. The number of carbonyl (C=O) groups excluding carboxylic acids is 4. The molecule has 12 heteroatoms. The summed E-state index contributed by atoms with van der Waals surface area (Å²) in [4.78, 5) is 78.3. The van der Waals surface area contributed by atoms with Crippen molar-refractivity contribution >= 4 is 23.6 Å². The number of nitrogens with one attached hydrogen (secondary N) is 1. The van der Waals surface area contributed by atoms with Crippen molar-refractivity contribution in [3.8, 4) is 0 Å². The van der Waals surface area contributed by atoms with Gasteiger partial charge in [0.05, 0.1) is 41.6 Å². The van der Waals surface area contributed by atoms with Crippen molar-refractivity contribution in [1.29, 1.82) is 0 Å². The molecule has 2 aliphatic rings. The molecule has 0 fully saturated rings. The van der Waals surface area contributed by atoms with Crippen LogP contribution in [0.2, 0.25) is 0 Å². The molecule has 1 atom stereocenters. The molecule has 3 aromatic rings. The Morgan fingerprint density at radius 3 is 1.68 bits per heavy atom. The molecule has 1 N–H and O–H groups in total. The molecule has 1 unspecified atom stereocenters. The molecule has 188 valence electrons. The van der Waals surface area contributed by atoms with Gasteiger partial charge in [-0.3, -0.25) is 43.3 Å². The lowest BCUT2D eigenvalue weighted by atomic mass is 10.1. The Bertz CT molecular complexity index is 1510. The number of nitrogens with zero attached hydrogens (tertiary/aromatic N) is 3. The number of aromatic nitrogens is 2. The van der Waals surface area contributed by atoms with Gasteiger partial charge >= 0.3 is 5.69 Å². The Labute approximate surface area is 207 Å². The van der Waals surface area contributed by atoms with Crippen LogP contribution in [0.3, 0.4) is 0 Å². The molecule has 0 aliphatic carbocycles. The van der Waals surface area contributed by atoms with Crippen LogP contribution in [-0.2, 0) is 4.74 Å². The lowest BCUT2D eigenvalue weighted by Crippen LogP contribution is -2.39. The minimum atomic E-state index is -1.24. The van der Waals surface area contributed by atoms with E-state index < -0.39 is 46.9 Å². The van der Waals surface area contributed by atoms with Crippen molar-refractivity contribution in [2.45, 2.75) is 12.6 Å². The van der Waals surface area contributed by atoms with Gasteiger partial charge in [0.1, 0.15) is 6.23 Å². The largest absolute Gasteiger partial charge is 0.356 e. The standard InChI is InChI=1S/C25H19FN4O7/c26-18-13-30(25(36)27-20(18)31)19(9-10-28-21(32)14-5-1-2-6-15(14)22(28)33)37-12-11-29-23(34)16-7-3-4-8-17(16)24(29)35/h1-8,13,19H,9-12H2,(H,27,31,36). The molecule has 2 aromatic carbocycles. The van der Waals surface area contributed by atoms with E-state index in [9.17, 15) is 33.2 Å². The maximum absolute atomic E-state index is 14.0. The van der Waals surface area contributed by atoms with E-state index in [1.54, 1.807) is 24.3 Å². The number of hydrogen-bond acceptors (Lipinski definition) is 7. The molecular formula is C25H19FN4O7. The molecule has 0 saturated heterocycles. The number of hydrogen-bond donors (Lipinski definition) is 1. The first-order valence-corrected chi connectivity index (χ1v) is 11.3. The topological polar surface area (TPSA) is 139 Å². The van der Waals surface area contributed by atoms with Gasteiger partial charge in [0.15, 0.2) is 0 Å². The molecule has 0 saturated carbocycles. The number of benzene rings is 2. The van der Waals surface area contributed by atoms with Crippen molar-refractivity contribution < 1.29 is 28.3 Å². The molecule has 3 heterocycles. The summed E-state index contributed by atoms with van der Waals surface area (Å²) in [5.41, 5.74) is -1.20. The third kappa shape index (κ3) is 4.16. The normalized spacial score (nSPS) is 15.4. The first-order chi connectivity index (χ1) is 17.8. The van der Waals surface area contributed by atoms with Crippen molar-refractivity contribution in [3.05, 3.63) is 104 Å². The minimum absolute atomic E-state index is 0.140. The van der Waals surface area contributed by atoms with Gasteiger partial charge in [0.2, 0.25) is 5.82 Å². The number of amides is 4. The van der Waals surface area contributed by atoms with Crippen LogP contribution in [0.4, 0.5) is 4.39 Å². The van der Waals surface area contributed by atoms with Crippen LogP contribution >= 0.6 is 0 Å². The molecule has 4 amide bonds. The second kappa shape index (κ2) is 9.39. The van der Waals surface area contributed by atoms with E-state index in [0.29, 0.717) is 6.20 Å². The van der Waals surface area contributed by atoms with Gasteiger partial charge in [-0.1, -0.05) is 24.3 Å². The van der Waals surface area contributed by atoms with Gasteiger partial charge in [-0.15, -0.1) is 0 Å². The molecule has 0 spiro atoms. The van der Waals surface area contributed by atoms with Gasteiger partial charge in [-0.05, 0) is 24.3 Å². The maximum atomic E-state index is 14.0. The van der Waals surface area contributed by atoms with Gasteiger partial charge in [0.25, 0.3) is 29.2 Å². The van der Waals surface area contributed by atoms with Crippen LogP contribution in [0, 0.1) is 5.82 Å². The van der Waals surface area contributed by atoms with E-state index in [-0.39, 0.29) is 48.4 Å². The summed E-state index contributed by atoms with van der Waals surface area (Å²) in [6.45, 7) is -0.598. The highest BCUT2D eigenvalue weighted by Crippen LogP contribution is 2.25. The Hall–Kier alpha value is -4.71. The zero-order valence-corrected chi connectivity index (χ0v) is 19.2. The van der Waals surface area contributed by atoms with E-state index >= 15 is 0 Å². The average Bonchev–Trinajstić information content (AvgIpc) is 3.28. The lowest BCUT2D eigenvalue weighted by Gasteiger charge is -2.23. The van der Waals surface area contributed by atoms with Gasteiger partial charge < -0.3 is 4.74 Å². The van der Waals surface area contributed by atoms with E-state index in [0.717, 1.165) is 14.4 Å². The zero-order valence-electron chi connectivity index (χ0n) is 19.2. The molecule has 0 bridgehead atoms. The summed E-state index contributed by atoms with van der Waals surface area (Å²) >= 11 is 0. The molecule has 5 rings (SSSR count). The zero-order chi connectivity index (χ0) is 26.3. The number of H-pyrrole nitrogens is 1. The van der Waals surface area contributed by atoms with Crippen LogP contribution in [0.5, 0.6) is 0 Å². The van der Waals surface area contributed by atoms with Crippen molar-refractivity contribution in [2.75, 3.05) is 19.7 Å². The number of fused-ring (bicyclic) bond motifs is 2. The highest BCUT2D eigenvalue weighted by Gasteiger charge is 2.36. The van der Waals surface area contributed by atoms with Gasteiger partial charge in [0, 0.05) is 13.0 Å². The number of imide groups is 2. The molecular weight excluding hydrogens is 487 g/mol. The summed E-state index contributed by atoms with van der Waals surface area (Å²) in [5.74, 6) is -3.29. The predicted molar refractivity (Wildman–Crippen MR) is 125 cm³/mol. The molecule has 2 aliphatic heterocycles. The van der Waals surface area contributed by atoms with E-state index in [1.807, 2.05) is 4.98 Å². The van der Waals surface area contributed by atoms with Crippen LogP contribution in [0.1, 0.15) is 54.1 Å². The fourth-order valence-corrected chi connectivity index (χ4v) is 4.38. The minimum Gasteiger partial charge on any atom is -0.356 e. The fraction of sp³-hybridized carbons (Fsp3) is 0.200. The number of rotatable bonds is 8. The maximum Gasteiger partial charge on any atom is 0.330 e. The first-order valence-electron chi connectivity index (χ1n) is 11.3. The second-order valence-corrected chi connectivity index (χ2v) is 8.37. The number of aromatic amines is 1. The third-order valence-electron chi connectivity index (χ3n) is 6.22. The van der Waals surface area contributed by atoms with E-state index in [1.165, 1.54) is 24.3 Å². The molecule has 37 heavy (non-hydrogen) atoms. The fourth-order valence-electron chi connectivity index (χ4n) is 4.38. The van der Waals surface area contributed by atoms with Crippen molar-refractivity contribution in [1.82, 2.24) is 19.4 Å². The third-order valence-corrected chi connectivity index (χ3v) is 6.22. The van der Waals surface area contributed by atoms with Crippen LogP contribution in [-0.4, -0.2) is 62.7 Å². The molecule has 1 aromatic heterocycles. The summed E-state index contributed by atoms with van der Waals surface area (Å²) in [7, 11) is 0. The molecule has 0 radical (unpaired) electrons. The SMILES string of the molecule is O=C1c2ccccc2C(=O)N1CCOC(CCN1C(=O)c2ccccc2C1=O)n1cc(F)c(=O)[nH]c1=O. The van der Waals surface area contributed by atoms with Gasteiger partial charge in [-0.2, -0.15) is 4.39 Å². The monoisotopic (exact) mass is 506 g/mol. The van der Waals surface area contributed by atoms with Crippen LogP contribution < -0.4 is 11.2 Å². The lowest BCUT2D eigenvalue weighted by molar-refractivity contribution is -0.0172. The van der Waals surface area contributed by atoms with Crippen molar-refractivity contribution in [2.24, 2.45) is 0 Å². The molecule has 11 nitrogen and oxygen atoms in total. The quantitative estimate of drug-likeness (QED) is 0.453. The smallest absolute Gasteiger partial charge is 0.330 e. The predicted octanol–water partition coefficient (Wildman–Crippen LogP) is 1.17. The van der Waals surface area contributed by atoms with Crippen LogP contribution in [0.15, 0.2) is 64.3 Å². The van der Waals surface area contributed by atoms with Crippen LogP contribution in [0.25, 0.3) is 0 Å². The Morgan fingerprint density at radius 1 is 0.730 bits per heavy atom. The summed E-state index contributed by atoms with van der Waals surface area (Å²) in [6, 6.07) is 12.6. The average molecular weight is 506 g/mol. The summed E-state index contributed by atoms with van der Waals surface area (Å²) in [6.07, 6.45) is -0.715. The number of ether oxygens (including phenoxy) is 1. The Morgan fingerprint density at radius 2 is 1.19 bits per heavy atom. The highest BCUT2D eigenvalue weighted by molar-refractivity contribution is 6.22. The first kappa shape index (κ1) is 24.0. The van der Waals surface area contributed by atoms with Crippen molar-refractivity contribution in [3.63, 3.8) is 0 Å². The second-order valence-electron chi connectivity index (χ2n) is 8.37. The summed E-state index contributed by atoms with van der Waals surface area (Å²) in [5, 5.41) is 0. The van der Waals surface area contributed by atoms with E-state index in [2.05, 4.69) is 0 Å². The summed E-state index contributed by atoms with van der Waals surface area (Å²) < 4.78 is 20.5. The Kier molecular flexibility index (Phi) is 6.09.